The van der Waals surface area contributed by atoms with Crippen LogP contribution in [0.1, 0.15) is 81.8 Å². The predicted octanol–water partition coefficient (Wildman–Crippen LogP) is 5.93. The van der Waals surface area contributed by atoms with Crippen molar-refractivity contribution in [2.45, 2.75) is 77.0 Å². The van der Waals surface area contributed by atoms with Crippen LogP contribution in [0, 0.1) is 11.8 Å². The van der Waals surface area contributed by atoms with Crippen molar-refractivity contribution in [2.24, 2.45) is 11.8 Å². The second-order valence-electron chi connectivity index (χ2n) is 10.4. The van der Waals surface area contributed by atoms with Gasteiger partial charge in [0.15, 0.2) is 0 Å². The highest BCUT2D eigenvalue weighted by Gasteiger charge is 2.24. The molecule has 1 atom stereocenters. The van der Waals surface area contributed by atoms with Crippen LogP contribution < -0.4 is 0 Å². The molecule has 1 aromatic carbocycles. The number of aliphatic hydroxyl groups is 1. The molecule has 6 heteroatoms. The molecule has 1 aliphatic rings. The maximum Gasteiger partial charge on any atom is 0.335 e. The SMILES string of the molecule is C=C(CO)C(=O)OCC(CCC1CCC(c2ccc(CCCCC)cc2)CC1)COC(=O)C(=C)COC. The number of aliphatic hydroxyl groups excluding tert-OH is 1. The van der Waals surface area contributed by atoms with Crippen molar-refractivity contribution in [2.75, 3.05) is 33.5 Å². The smallest absolute Gasteiger partial charge is 0.335 e. The fourth-order valence-corrected chi connectivity index (χ4v) is 4.90. The van der Waals surface area contributed by atoms with Crippen molar-refractivity contribution < 1.29 is 28.9 Å². The Morgan fingerprint density at radius 3 is 2.16 bits per heavy atom. The van der Waals surface area contributed by atoms with Gasteiger partial charge in [-0.3, -0.25) is 0 Å². The van der Waals surface area contributed by atoms with Crippen LogP contribution in [-0.4, -0.2) is 50.6 Å². The second kappa shape index (κ2) is 17.1. The molecule has 0 aromatic heterocycles. The normalized spacial score (nSPS) is 18.1. The van der Waals surface area contributed by atoms with Crippen LogP contribution in [0.25, 0.3) is 0 Å². The average molecular weight is 515 g/mol. The van der Waals surface area contributed by atoms with Gasteiger partial charge in [-0.15, -0.1) is 0 Å². The van der Waals surface area contributed by atoms with E-state index in [1.165, 1.54) is 69.6 Å². The number of benzene rings is 1. The molecule has 1 saturated carbocycles. The van der Waals surface area contributed by atoms with Gasteiger partial charge in [-0.1, -0.05) is 57.2 Å². The van der Waals surface area contributed by atoms with Crippen molar-refractivity contribution in [1.82, 2.24) is 0 Å². The fraction of sp³-hybridized carbons (Fsp3) is 0.613. The highest BCUT2D eigenvalue weighted by molar-refractivity contribution is 5.88. The van der Waals surface area contributed by atoms with E-state index >= 15 is 0 Å². The first kappa shape index (κ1) is 30.8. The highest BCUT2D eigenvalue weighted by Crippen LogP contribution is 2.38. The second-order valence-corrected chi connectivity index (χ2v) is 10.4. The Morgan fingerprint density at radius 1 is 0.973 bits per heavy atom. The van der Waals surface area contributed by atoms with Gasteiger partial charge >= 0.3 is 11.9 Å². The zero-order chi connectivity index (χ0) is 27.0. The van der Waals surface area contributed by atoms with E-state index in [1.807, 2.05) is 0 Å². The zero-order valence-corrected chi connectivity index (χ0v) is 22.8. The van der Waals surface area contributed by atoms with Gasteiger partial charge in [0.25, 0.3) is 0 Å². The summed E-state index contributed by atoms with van der Waals surface area (Å²) in [4.78, 5) is 24.1. The molecule has 0 spiro atoms. The molecule has 2 rings (SSSR count). The Balaban J connectivity index is 1.82. The van der Waals surface area contributed by atoms with E-state index in [-0.39, 0.29) is 36.9 Å². The Kier molecular flexibility index (Phi) is 14.3. The maximum absolute atomic E-state index is 12.1. The quantitative estimate of drug-likeness (QED) is 0.158. The number of hydrogen-bond acceptors (Lipinski definition) is 6. The third-order valence-corrected chi connectivity index (χ3v) is 7.34. The molecule has 0 bridgehead atoms. The summed E-state index contributed by atoms with van der Waals surface area (Å²) in [6.07, 6.45) is 11.4. The summed E-state index contributed by atoms with van der Waals surface area (Å²) < 4.78 is 15.7. The van der Waals surface area contributed by atoms with Crippen molar-refractivity contribution in [3.8, 4) is 0 Å². The lowest BCUT2D eigenvalue weighted by Crippen LogP contribution is -2.24. The summed E-state index contributed by atoms with van der Waals surface area (Å²) in [6, 6.07) is 9.25. The van der Waals surface area contributed by atoms with Gasteiger partial charge in [0.05, 0.1) is 37.6 Å². The van der Waals surface area contributed by atoms with E-state index in [2.05, 4.69) is 44.3 Å². The maximum atomic E-state index is 12.1. The summed E-state index contributed by atoms with van der Waals surface area (Å²) >= 11 is 0. The number of carbonyl (C=O) groups is 2. The van der Waals surface area contributed by atoms with Crippen LogP contribution in [0.15, 0.2) is 48.6 Å². The van der Waals surface area contributed by atoms with Crippen molar-refractivity contribution >= 4 is 11.9 Å². The number of esters is 2. The van der Waals surface area contributed by atoms with Crippen LogP contribution in [0.4, 0.5) is 0 Å². The molecule has 1 N–H and O–H groups in total. The molecule has 206 valence electrons. The first-order chi connectivity index (χ1) is 17.9. The molecular weight excluding hydrogens is 468 g/mol. The van der Waals surface area contributed by atoms with Gasteiger partial charge in [-0.05, 0) is 74.3 Å². The van der Waals surface area contributed by atoms with E-state index in [4.69, 9.17) is 19.3 Å². The predicted molar refractivity (Wildman–Crippen MR) is 146 cm³/mol. The molecule has 37 heavy (non-hydrogen) atoms. The minimum absolute atomic E-state index is 0.0107. The Bertz CT molecular complexity index is 851. The molecule has 6 nitrogen and oxygen atoms in total. The molecule has 1 aromatic rings. The topological polar surface area (TPSA) is 82.1 Å². The van der Waals surface area contributed by atoms with Crippen LogP contribution >= 0.6 is 0 Å². The zero-order valence-electron chi connectivity index (χ0n) is 22.8. The molecule has 0 saturated heterocycles. The Morgan fingerprint density at radius 2 is 1.59 bits per heavy atom. The third kappa shape index (κ3) is 11.2. The van der Waals surface area contributed by atoms with Gasteiger partial charge < -0.3 is 19.3 Å². The van der Waals surface area contributed by atoms with Crippen molar-refractivity contribution in [3.05, 3.63) is 59.7 Å². The largest absolute Gasteiger partial charge is 0.462 e. The van der Waals surface area contributed by atoms with Gasteiger partial charge in [-0.2, -0.15) is 0 Å². The summed E-state index contributed by atoms with van der Waals surface area (Å²) in [7, 11) is 1.49. The van der Waals surface area contributed by atoms with Crippen LogP contribution in [0.2, 0.25) is 0 Å². The number of ether oxygens (including phenoxy) is 3. The van der Waals surface area contributed by atoms with Gasteiger partial charge in [0.1, 0.15) is 0 Å². The Hall–Kier alpha value is -2.44. The molecule has 1 fully saturated rings. The van der Waals surface area contributed by atoms with Gasteiger partial charge in [0.2, 0.25) is 0 Å². The van der Waals surface area contributed by atoms with Crippen molar-refractivity contribution in [1.29, 1.82) is 0 Å². The number of hydrogen-bond donors (Lipinski definition) is 1. The fourth-order valence-electron chi connectivity index (χ4n) is 4.90. The highest BCUT2D eigenvalue weighted by atomic mass is 16.5. The summed E-state index contributed by atoms with van der Waals surface area (Å²) in [5.74, 6) is -0.0358. The summed E-state index contributed by atoms with van der Waals surface area (Å²) in [5, 5.41) is 9.10. The average Bonchev–Trinajstić information content (AvgIpc) is 2.92. The lowest BCUT2D eigenvalue weighted by Gasteiger charge is -2.30. The lowest BCUT2D eigenvalue weighted by molar-refractivity contribution is -0.145. The summed E-state index contributed by atoms with van der Waals surface area (Å²) in [6.45, 7) is 9.34. The van der Waals surface area contributed by atoms with E-state index in [9.17, 15) is 9.59 Å². The molecular formula is C31H46O6. The Labute approximate surface area is 223 Å². The summed E-state index contributed by atoms with van der Waals surface area (Å²) in [5.41, 5.74) is 3.15. The molecule has 1 unspecified atom stereocenters. The number of methoxy groups -OCH3 is 1. The molecule has 0 aliphatic heterocycles. The number of aryl methyl sites for hydroxylation is 1. The lowest BCUT2D eigenvalue weighted by atomic mass is 9.76. The first-order valence-electron chi connectivity index (χ1n) is 13.8. The van der Waals surface area contributed by atoms with Crippen LogP contribution in [0.5, 0.6) is 0 Å². The molecule has 1 aliphatic carbocycles. The van der Waals surface area contributed by atoms with Crippen LogP contribution in [0.3, 0.4) is 0 Å². The van der Waals surface area contributed by atoms with Crippen LogP contribution in [-0.2, 0) is 30.2 Å². The van der Waals surface area contributed by atoms with Gasteiger partial charge in [-0.25, -0.2) is 9.59 Å². The van der Waals surface area contributed by atoms with Crippen molar-refractivity contribution in [3.63, 3.8) is 0 Å². The third-order valence-electron chi connectivity index (χ3n) is 7.34. The van der Waals surface area contributed by atoms with E-state index in [0.29, 0.717) is 11.8 Å². The van der Waals surface area contributed by atoms with Gasteiger partial charge in [0, 0.05) is 13.0 Å². The molecule has 0 amide bonds. The number of unbranched alkanes of at least 4 members (excludes halogenated alkanes) is 2. The first-order valence-corrected chi connectivity index (χ1v) is 13.8. The molecule has 0 heterocycles. The standard InChI is InChI=1S/C31H46O6/c1-5-6-7-8-25-11-15-28(16-12-25)29-17-13-26(14-18-29)9-10-27(21-36-30(33)23(2)19-32)22-37-31(34)24(3)20-35-4/h11-12,15-16,26-27,29,32H,2-3,5-10,13-14,17-22H2,1,4H3. The van der Waals surface area contributed by atoms with E-state index < -0.39 is 18.5 Å². The minimum Gasteiger partial charge on any atom is -0.462 e. The van der Waals surface area contributed by atoms with E-state index in [0.717, 1.165) is 12.8 Å². The minimum atomic E-state index is -0.625. The number of carbonyl (C=O) groups excluding carboxylic acids is 2. The van der Waals surface area contributed by atoms with E-state index in [1.54, 1.807) is 0 Å². The monoisotopic (exact) mass is 514 g/mol. The molecule has 0 radical (unpaired) electrons. The number of rotatable bonds is 17.